The first-order valence-corrected chi connectivity index (χ1v) is 6.43. The average Bonchev–Trinajstić information content (AvgIpc) is 2.44. The van der Waals surface area contributed by atoms with Gasteiger partial charge < -0.3 is 0 Å². The summed E-state index contributed by atoms with van der Waals surface area (Å²) in [7, 11) is 2.02. The second kappa shape index (κ2) is 5.22. The van der Waals surface area contributed by atoms with Crippen LogP contribution in [0.3, 0.4) is 0 Å². The zero-order valence-electron chi connectivity index (χ0n) is 11.0. The van der Waals surface area contributed by atoms with Crippen molar-refractivity contribution in [2.24, 2.45) is 12.5 Å². The number of alkyl halides is 1. The highest BCUT2D eigenvalue weighted by molar-refractivity contribution is 6.20. The molecule has 3 heteroatoms. The molecule has 0 radical (unpaired) electrons. The van der Waals surface area contributed by atoms with E-state index in [2.05, 4.69) is 38.9 Å². The fourth-order valence-electron chi connectivity index (χ4n) is 2.23. The van der Waals surface area contributed by atoms with E-state index in [1.165, 1.54) is 11.4 Å². The van der Waals surface area contributed by atoms with Gasteiger partial charge >= 0.3 is 0 Å². The van der Waals surface area contributed by atoms with E-state index in [1.807, 2.05) is 11.7 Å². The SMILES string of the molecule is CCc1cc(CC(C)(C)CC(C)Cl)n(C)n1. The molecule has 0 saturated carbocycles. The molecule has 0 N–H and O–H groups in total. The Labute approximate surface area is 104 Å². The van der Waals surface area contributed by atoms with Crippen LogP contribution in [-0.4, -0.2) is 15.2 Å². The van der Waals surface area contributed by atoms with Crippen molar-refractivity contribution < 1.29 is 0 Å². The summed E-state index contributed by atoms with van der Waals surface area (Å²) in [5, 5.41) is 4.71. The van der Waals surface area contributed by atoms with Gasteiger partial charge in [0.05, 0.1) is 5.69 Å². The van der Waals surface area contributed by atoms with Crippen LogP contribution in [0.25, 0.3) is 0 Å². The Bertz CT molecular complexity index is 340. The number of nitrogens with zero attached hydrogens (tertiary/aromatic N) is 2. The number of rotatable bonds is 5. The molecule has 0 aliphatic rings. The van der Waals surface area contributed by atoms with Gasteiger partial charge in [-0.25, -0.2) is 0 Å². The molecule has 0 amide bonds. The first-order chi connectivity index (χ1) is 7.34. The highest BCUT2D eigenvalue weighted by atomic mass is 35.5. The third-order valence-corrected chi connectivity index (χ3v) is 3.04. The monoisotopic (exact) mass is 242 g/mol. The normalized spacial score (nSPS) is 14.1. The van der Waals surface area contributed by atoms with Crippen molar-refractivity contribution in [2.75, 3.05) is 0 Å². The van der Waals surface area contributed by atoms with E-state index in [4.69, 9.17) is 11.6 Å². The quantitative estimate of drug-likeness (QED) is 0.722. The summed E-state index contributed by atoms with van der Waals surface area (Å²) >= 11 is 6.08. The molecule has 1 unspecified atom stereocenters. The third-order valence-electron chi connectivity index (χ3n) is 2.88. The lowest BCUT2D eigenvalue weighted by atomic mass is 9.83. The van der Waals surface area contributed by atoms with Crippen molar-refractivity contribution in [2.45, 2.75) is 52.3 Å². The Morgan fingerprint density at radius 1 is 1.50 bits per heavy atom. The minimum Gasteiger partial charge on any atom is -0.272 e. The van der Waals surface area contributed by atoms with E-state index in [9.17, 15) is 0 Å². The number of aryl methyl sites for hydroxylation is 2. The van der Waals surface area contributed by atoms with E-state index in [-0.39, 0.29) is 10.8 Å². The molecule has 0 spiro atoms. The van der Waals surface area contributed by atoms with Crippen LogP contribution >= 0.6 is 11.6 Å². The van der Waals surface area contributed by atoms with Gasteiger partial charge in [0.1, 0.15) is 0 Å². The second-order valence-corrected chi connectivity index (χ2v) is 6.18. The molecular weight excluding hydrogens is 220 g/mol. The van der Waals surface area contributed by atoms with Crippen molar-refractivity contribution in [3.8, 4) is 0 Å². The Morgan fingerprint density at radius 2 is 2.12 bits per heavy atom. The molecule has 0 aliphatic carbocycles. The smallest absolute Gasteiger partial charge is 0.0624 e. The van der Waals surface area contributed by atoms with Crippen LogP contribution < -0.4 is 0 Å². The highest BCUT2D eigenvalue weighted by Crippen LogP contribution is 2.29. The first-order valence-electron chi connectivity index (χ1n) is 6.00. The van der Waals surface area contributed by atoms with Gasteiger partial charge in [-0.05, 0) is 37.7 Å². The fraction of sp³-hybridized carbons (Fsp3) is 0.769. The average molecular weight is 243 g/mol. The van der Waals surface area contributed by atoms with E-state index >= 15 is 0 Å². The summed E-state index contributed by atoms with van der Waals surface area (Å²) in [4.78, 5) is 0. The number of hydrogen-bond acceptors (Lipinski definition) is 1. The molecule has 1 aromatic rings. The van der Waals surface area contributed by atoms with Crippen molar-refractivity contribution >= 4 is 11.6 Å². The number of halogens is 1. The Kier molecular flexibility index (Phi) is 4.43. The van der Waals surface area contributed by atoms with Gasteiger partial charge in [0.15, 0.2) is 0 Å². The van der Waals surface area contributed by atoms with E-state index in [0.29, 0.717) is 0 Å². The number of aromatic nitrogens is 2. The van der Waals surface area contributed by atoms with Gasteiger partial charge in [0.2, 0.25) is 0 Å². The maximum atomic E-state index is 6.08. The molecule has 1 heterocycles. The van der Waals surface area contributed by atoms with Crippen molar-refractivity contribution in [1.82, 2.24) is 9.78 Å². The highest BCUT2D eigenvalue weighted by Gasteiger charge is 2.22. The van der Waals surface area contributed by atoms with Gasteiger partial charge in [0, 0.05) is 18.1 Å². The summed E-state index contributed by atoms with van der Waals surface area (Å²) in [5.41, 5.74) is 2.71. The van der Waals surface area contributed by atoms with Gasteiger partial charge in [-0.3, -0.25) is 4.68 Å². The Hall–Kier alpha value is -0.500. The van der Waals surface area contributed by atoms with E-state index in [0.717, 1.165) is 19.3 Å². The second-order valence-electron chi connectivity index (χ2n) is 5.43. The summed E-state index contributed by atoms with van der Waals surface area (Å²) in [6, 6.07) is 2.21. The molecule has 1 atom stereocenters. The van der Waals surface area contributed by atoms with Crippen molar-refractivity contribution in [1.29, 1.82) is 0 Å². The largest absolute Gasteiger partial charge is 0.272 e. The lowest BCUT2D eigenvalue weighted by molar-refractivity contribution is 0.323. The molecule has 0 saturated heterocycles. The maximum absolute atomic E-state index is 6.08. The lowest BCUT2D eigenvalue weighted by Crippen LogP contribution is -2.20. The molecular formula is C13H23ClN2. The van der Waals surface area contributed by atoms with Gasteiger partial charge in [-0.2, -0.15) is 5.10 Å². The molecule has 0 aromatic carbocycles. The molecule has 92 valence electrons. The van der Waals surface area contributed by atoms with Crippen LogP contribution in [0.5, 0.6) is 0 Å². The van der Waals surface area contributed by atoms with E-state index < -0.39 is 0 Å². The third kappa shape index (κ3) is 3.82. The molecule has 2 nitrogen and oxygen atoms in total. The van der Waals surface area contributed by atoms with Crippen LogP contribution in [0, 0.1) is 5.41 Å². The Balaban J connectivity index is 2.74. The topological polar surface area (TPSA) is 17.8 Å². The predicted octanol–water partition coefficient (Wildman–Crippen LogP) is 3.57. The van der Waals surface area contributed by atoms with Crippen LogP contribution in [0.15, 0.2) is 6.07 Å². The summed E-state index contributed by atoms with van der Waals surface area (Å²) in [6.45, 7) is 8.73. The maximum Gasteiger partial charge on any atom is 0.0624 e. The minimum absolute atomic E-state index is 0.230. The molecule has 0 aliphatic heterocycles. The summed E-state index contributed by atoms with van der Waals surface area (Å²) in [5.74, 6) is 0. The molecule has 16 heavy (non-hydrogen) atoms. The van der Waals surface area contributed by atoms with Crippen LogP contribution in [0.2, 0.25) is 0 Å². The molecule has 0 bridgehead atoms. The fourth-order valence-corrected chi connectivity index (χ4v) is 2.65. The number of hydrogen-bond donors (Lipinski definition) is 0. The zero-order valence-corrected chi connectivity index (χ0v) is 11.8. The zero-order chi connectivity index (χ0) is 12.3. The van der Waals surface area contributed by atoms with Gasteiger partial charge in [-0.15, -0.1) is 11.6 Å². The van der Waals surface area contributed by atoms with E-state index in [1.54, 1.807) is 0 Å². The molecule has 0 fully saturated rings. The summed E-state index contributed by atoms with van der Waals surface area (Å²) < 4.78 is 2.00. The lowest BCUT2D eigenvalue weighted by Gasteiger charge is -2.25. The first kappa shape index (κ1) is 13.6. The molecule has 1 rings (SSSR count). The summed E-state index contributed by atoms with van der Waals surface area (Å²) in [6.07, 6.45) is 3.06. The Morgan fingerprint density at radius 3 is 2.56 bits per heavy atom. The predicted molar refractivity (Wildman–Crippen MR) is 70.0 cm³/mol. The standard InChI is InChI=1S/C13H23ClN2/c1-6-11-7-12(16(5)15-11)9-13(3,4)8-10(2)14/h7,10H,6,8-9H2,1-5H3. The van der Waals surface area contributed by atoms with Crippen molar-refractivity contribution in [3.63, 3.8) is 0 Å². The molecule has 1 aromatic heterocycles. The van der Waals surface area contributed by atoms with Crippen molar-refractivity contribution in [3.05, 3.63) is 17.5 Å². The van der Waals surface area contributed by atoms with Crippen LogP contribution in [0.1, 0.15) is 45.5 Å². The van der Waals surface area contributed by atoms with Gasteiger partial charge in [0.25, 0.3) is 0 Å². The van der Waals surface area contributed by atoms with Crippen LogP contribution in [0.4, 0.5) is 0 Å². The van der Waals surface area contributed by atoms with Gasteiger partial charge in [-0.1, -0.05) is 20.8 Å². The minimum atomic E-state index is 0.230. The van der Waals surface area contributed by atoms with Crippen LogP contribution in [-0.2, 0) is 19.9 Å².